The standard InChI is InChI=1S/C12H25FN2/c1-5-10-9-15(7-6-13)11(8-14-10)12(2,3)4/h10-11,14H,5-9H2,1-4H3. The summed E-state index contributed by atoms with van der Waals surface area (Å²) in [5.41, 5.74) is 0.223. The van der Waals surface area contributed by atoms with Crippen molar-refractivity contribution in [3.8, 4) is 0 Å². The predicted molar refractivity (Wildman–Crippen MR) is 62.9 cm³/mol. The van der Waals surface area contributed by atoms with E-state index in [-0.39, 0.29) is 12.1 Å². The monoisotopic (exact) mass is 216 g/mol. The molecule has 1 aliphatic heterocycles. The zero-order valence-electron chi connectivity index (χ0n) is 10.5. The Bertz CT molecular complexity index is 189. The Hall–Kier alpha value is -0.150. The van der Waals surface area contributed by atoms with Gasteiger partial charge in [0.2, 0.25) is 0 Å². The van der Waals surface area contributed by atoms with Gasteiger partial charge in [0, 0.05) is 31.7 Å². The lowest BCUT2D eigenvalue weighted by Crippen LogP contribution is -2.60. The molecule has 0 radical (unpaired) electrons. The Labute approximate surface area is 93.2 Å². The van der Waals surface area contributed by atoms with Crippen LogP contribution in [0.1, 0.15) is 34.1 Å². The number of hydrogen-bond donors (Lipinski definition) is 1. The second-order valence-electron chi connectivity index (χ2n) is 5.58. The number of nitrogens with one attached hydrogen (secondary N) is 1. The van der Waals surface area contributed by atoms with E-state index in [1.807, 2.05) is 0 Å². The predicted octanol–water partition coefficient (Wildman–Crippen LogP) is 2.05. The largest absolute Gasteiger partial charge is 0.311 e. The molecule has 2 atom stereocenters. The second-order valence-corrected chi connectivity index (χ2v) is 5.58. The summed E-state index contributed by atoms with van der Waals surface area (Å²) in [5, 5.41) is 3.55. The lowest BCUT2D eigenvalue weighted by molar-refractivity contribution is 0.0503. The minimum atomic E-state index is -0.233. The molecule has 15 heavy (non-hydrogen) atoms. The van der Waals surface area contributed by atoms with E-state index >= 15 is 0 Å². The smallest absolute Gasteiger partial charge is 0.102 e. The number of hydrogen-bond acceptors (Lipinski definition) is 2. The van der Waals surface area contributed by atoms with E-state index in [4.69, 9.17) is 0 Å². The van der Waals surface area contributed by atoms with Gasteiger partial charge in [0.15, 0.2) is 0 Å². The van der Waals surface area contributed by atoms with E-state index in [0.717, 1.165) is 19.5 Å². The summed E-state index contributed by atoms with van der Waals surface area (Å²) in [7, 11) is 0. The van der Waals surface area contributed by atoms with Crippen LogP contribution in [0.25, 0.3) is 0 Å². The highest BCUT2D eigenvalue weighted by Gasteiger charge is 2.34. The van der Waals surface area contributed by atoms with Gasteiger partial charge in [0.25, 0.3) is 0 Å². The van der Waals surface area contributed by atoms with E-state index in [1.54, 1.807) is 0 Å². The molecule has 1 heterocycles. The molecular weight excluding hydrogens is 191 g/mol. The SMILES string of the molecule is CCC1CN(CCF)C(C(C)(C)C)CN1. The van der Waals surface area contributed by atoms with Crippen LogP contribution in [0, 0.1) is 5.41 Å². The van der Waals surface area contributed by atoms with E-state index in [1.165, 1.54) is 0 Å². The number of piperazine rings is 1. The molecule has 0 aliphatic carbocycles. The van der Waals surface area contributed by atoms with E-state index in [0.29, 0.717) is 18.6 Å². The van der Waals surface area contributed by atoms with Gasteiger partial charge in [-0.05, 0) is 11.8 Å². The molecular formula is C12H25FN2. The fourth-order valence-corrected chi connectivity index (χ4v) is 2.37. The zero-order chi connectivity index (χ0) is 11.5. The van der Waals surface area contributed by atoms with Crippen LogP contribution in [0.15, 0.2) is 0 Å². The summed E-state index contributed by atoms with van der Waals surface area (Å²) in [6.07, 6.45) is 1.12. The van der Waals surface area contributed by atoms with Gasteiger partial charge in [-0.25, -0.2) is 4.39 Å². The summed E-state index contributed by atoms with van der Waals surface area (Å²) in [4.78, 5) is 2.31. The van der Waals surface area contributed by atoms with Gasteiger partial charge in [0.05, 0.1) is 0 Å². The topological polar surface area (TPSA) is 15.3 Å². The molecule has 1 rings (SSSR count). The molecule has 0 spiro atoms. The third-order valence-corrected chi connectivity index (χ3v) is 3.36. The Kier molecular flexibility index (Phi) is 4.53. The van der Waals surface area contributed by atoms with Crippen LogP contribution in [0.3, 0.4) is 0 Å². The van der Waals surface area contributed by atoms with Gasteiger partial charge in [-0.2, -0.15) is 0 Å². The molecule has 90 valence electrons. The van der Waals surface area contributed by atoms with Crippen molar-refractivity contribution in [3.63, 3.8) is 0 Å². The van der Waals surface area contributed by atoms with E-state index in [9.17, 15) is 4.39 Å². The molecule has 0 saturated carbocycles. The van der Waals surface area contributed by atoms with Crippen LogP contribution in [-0.4, -0.2) is 43.3 Å². The quantitative estimate of drug-likeness (QED) is 0.777. The fraction of sp³-hybridized carbons (Fsp3) is 1.00. The maximum absolute atomic E-state index is 12.5. The summed E-state index contributed by atoms with van der Waals surface area (Å²) < 4.78 is 12.5. The number of alkyl halides is 1. The maximum atomic E-state index is 12.5. The van der Waals surface area contributed by atoms with Crippen LogP contribution in [-0.2, 0) is 0 Å². The maximum Gasteiger partial charge on any atom is 0.102 e. The van der Waals surface area contributed by atoms with Crippen LogP contribution in [0.5, 0.6) is 0 Å². The minimum absolute atomic E-state index is 0.223. The summed E-state index contributed by atoms with van der Waals surface area (Å²) in [6, 6.07) is 0.992. The lowest BCUT2D eigenvalue weighted by Gasteiger charge is -2.46. The average molecular weight is 216 g/mol. The minimum Gasteiger partial charge on any atom is -0.311 e. The van der Waals surface area contributed by atoms with Crippen molar-refractivity contribution in [1.29, 1.82) is 0 Å². The Morgan fingerprint density at radius 2 is 2.07 bits per heavy atom. The third kappa shape index (κ3) is 3.42. The number of nitrogens with zero attached hydrogens (tertiary/aromatic N) is 1. The van der Waals surface area contributed by atoms with Crippen molar-refractivity contribution in [2.24, 2.45) is 5.41 Å². The molecule has 2 unspecified atom stereocenters. The molecule has 2 nitrogen and oxygen atoms in total. The molecule has 1 N–H and O–H groups in total. The molecule has 0 aromatic rings. The molecule has 1 aliphatic rings. The highest BCUT2D eigenvalue weighted by Crippen LogP contribution is 2.26. The van der Waals surface area contributed by atoms with Crippen molar-refractivity contribution in [2.45, 2.75) is 46.2 Å². The molecule has 0 bridgehead atoms. The number of halogens is 1. The Morgan fingerprint density at radius 3 is 2.53 bits per heavy atom. The highest BCUT2D eigenvalue weighted by atomic mass is 19.1. The van der Waals surface area contributed by atoms with Crippen LogP contribution in [0.2, 0.25) is 0 Å². The average Bonchev–Trinajstić information content (AvgIpc) is 2.16. The third-order valence-electron chi connectivity index (χ3n) is 3.36. The van der Waals surface area contributed by atoms with Crippen molar-refractivity contribution >= 4 is 0 Å². The van der Waals surface area contributed by atoms with Crippen molar-refractivity contribution < 1.29 is 4.39 Å². The summed E-state index contributed by atoms with van der Waals surface area (Å²) in [5.74, 6) is 0. The van der Waals surface area contributed by atoms with Crippen LogP contribution >= 0.6 is 0 Å². The van der Waals surface area contributed by atoms with Gasteiger partial charge in [-0.3, -0.25) is 4.90 Å². The first-order valence-corrected chi connectivity index (χ1v) is 6.02. The first kappa shape index (κ1) is 12.9. The zero-order valence-corrected chi connectivity index (χ0v) is 10.5. The molecule has 0 aromatic heterocycles. The van der Waals surface area contributed by atoms with Gasteiger partial charge >= 0.3 is 0 Å². The lowest BCUT2D eigenvalue weighted by atomic mass is 9.83. The second kappa shape index (κ2) is 5.26. The summed E-state index contributed by atoms with van der Waals surface area (Å²) in [6.45, 7) is 11.2. The van der Waals surface area contributed by atoms with Crippen molar-refractivity contribution in [2.75, 3.05) is 26.3 Å². The van der Waals surface area contributed by atoms with Gasteiger partial charge in [0.1, 0.15) is 6.67 Å². The molecule has 3 heteroatoms. The van der Waals surface area contributed by atoms with Crippen molar-refractivity contribution in [1.82, 2.24) is 10.2 Å². The van der Waals surface area contributed by atoms with Crippen LogP contribution < -0.4 is 5.32 Å². The Morgan fingerprint density at radius 1 is 1.40 bits per heavy atom. The first-order valence-electron chi connectivity index (χ1n) is 6.02. The normalized spacial score (nSPS) is 29.4. The van der Waals surface area contributed by atoms with Gasteiger partial charge < -0.3 is 5.32 Å². The molecule has 0 amide bonds. The Balaban J connectivity index is 2.63. The van der Waals surface area contributed by atoms with Crippen molar-refractivity contribution in [3.05, 3.63) is 0 Å². The summed E-state index contributed by atoms with van der Waals surface area (Å²) >= 11 is 0. The number of rotatable bonds is 3. The molecule has 1 fully saturated rings. The molecule has 1 saturated heterocycles. The van der Waals surface area contributed by atoms with E-state index in [2.05, 4.69) is 37.9 Å². The van der Waals surface area contributed by atoms with Gasteiger partial charge in [-0.1, -0.05) is 27.7 Å². The van der Waals surface area contributed by atoms with Gasteiger partial charge in [-0.15, -0.1) is 0 Å². The van der Waals surface area contributed by atoms with Crippen LogP contribution in [0.4, 0.5) is 4.39 Å². The highest BCUT2D eigenvalue weighted by molar-refractivity contribution is 4.91. The van der Waals surface area contributed by atoms with E-state index < -0.39 is 0 Å². The fourth-order valence-electron chi connectivity index (χ4n) is 2.37. The molecule has 0 aromatic carbocycles. The first-order chi connectivity index (χ1) is 6.99.